The van der Waals surface area contributed by atoms with Crippen LogP contribution in [-0.2, 0) is 0 Å². The summed E-state index contributed by atoms with van der Waals surface area (Å²) in [6.07, 6.45) is 2.19. The summed E-state index contributed by atoms with van der Waals surface area (Å²) in [5.74, 6) is 0.200. The van der Waals surface area contributed by atoms with Gasteiger partial charge in [-0.25, -0.2) is 4.39 Å². The summed E-state index contributed by atoms with van der Waals surface area (Å²) < 4.78 is 12.8. The highest BCUT2D eigenvalue weighted by atomic mass is 19.1. The number of benzene rings is 1. The average molecular weight is 192 g/mol. The molecule has 0 spiro atoms. The molecule has 0 aromatic heterocycles. The molecule has 74 valence electrons. The molecule has 0 aliphatic heterocycles. The van der Waals surface area contributed by atoms with E-state index in [9.17, 15) is 4.39 Å². The van der Waals surface area contributed by atoms with Crippen molar-refractivity contribution in [3.63, 3.8) is 0 Å². The van der Waals surface area contributed by atoms with Gasteiger partial charge in [-0.05, 0) is 49.6 Å². The van der Waals surface area contributed by atoms with Crippen molar-refractivity contribution in [2.24, 2.45) is 5.73 Å². The molecule has 0 radical (unpaired) electrons. The molecular weight excluding hydrogens is 179 g/mol. The number of hydrogen-bond donors (Lipinski definition) is 1. The maximum atomic E-state index is 12.8. The van der Waals surface area contributed by atoms with Crippen LogP contribution in [0.2, 0.25) is 0 Å². The van der Waals surface area contributed by atoms with Crippen LogP contribution in [0.25, 0.3) is 0 Å². The first-order chi connectivity index (χ1) is 6.81. The number of nitrogens with two attached hydrogens (primary N) is 1. The van der Waals surface area contributed by atoms with Gasteiger partial charge >= 0.3 is 0 Å². The van der Waals surface area contributed by atoms with Crippen LogP contribution in [-0.4, -0.2) is 7.05 Å². The van der Waals surface area contributed by atoms with Crippen LogP contribution in [0.4, 0.5) is 4.39 Å². The standard InChI is InChI=1S/C10H8FN.CH5N/c11-9-4-3-8(6-12)10(5-9)7-1-2-7;1-2/h3-5,7H,1-2H2;2H2,1H3. The molecule has 1 aromatic rings. The van der Waals surface area contributed by atoms with Gasteiger partial charge in [0, 0.05) is 0 Å². The van der Waals surface area contributed by atoms with E-state index in [1.807, 2.05) is 0 Å². The van der Waals surface area contributed by atoms with Gasteiger partial charge in [0.05, 0.1) is 11.6 Å². The van der Waals surface area contributed by atoms with Gasteiger partial charge in [0.2, 0.25) is 0 Å². The molecule has 0 amide bonds. The maximum absolute atomic E-state index is 12.8. The molecule has 0 heterocycles. The molecule has 0 bridgehead atoms. The van der Waals surface area contributed by atoms with Crippen LogP contribution < -0.4 is 5.73 Å². The van der Waals surface area contributed by atoms with E-state index in [2.05, 4.69) is 11.8 Å². The Hall–Kier alpha value is -1.40. The minimum atomic E-state index is -0.240. The lowest BCUT2D eigenvalue weighted by Gasteiger charge is -2.00. The lowest BCUT2D eigenvalue weighted by atomic mass is 10.0. The Morgan fingerprint density at radius 1 is 1.43 bits per heavy atom. The van der Waals surface area contributed by atoms with Gasteiger partial charge in [-0.15, -0.1) is 0 Å². The maximum Gasteiger partial charge on any atom is 0.123 e. The predicted octanol–water partition coefficient (Wildman–Crippen LogP) is 2.15. The summed E-state index contributed by atoms with van der Waals surface area (Å²) in [6.45, 7) is 0. The van der Waals surface area contributed by atoms with Crippen molar-refractivity contribution in [3.8, 4) is 6.07 Å². The van der Waals surface area contributed by atoms with Crippen molar-refractivity contribution < 1.29 is 4.39 Å². The summed E-state index contributed by atoms with van der Waals surface area (Å²) in [4.78, 5) is 0. The van der Waals surface area contributed by atoms with Crippen molar-refractivity contribution in [2.75, 3.05) is 7.05 Å². The first-order valence-corrected chi connectivity index (χ1v) is 4.58. The van der Waals surface area contributed by atoms with Crippen LogP contribution >= 0.6 is 0 Å². The van der Waals surface area contributed by atoms with Gasteiger partial charge in [-0.1, -0.05) is 0 Å². The summed E-state index contributed by atoms with van der Waals surface area (Å²) in [6, 6.07) is 6.46. The lowest BCUT2D eigenvalue weighted by molar-refractivity contribution is 0.625. The fourth-order valence-corrected chi connectivity index (χ4v) is 1.37. The molecule has 3 heteroatoms. The molecule has 1 saturated carbocycles. The molecule has 1 fully saturated rings. The van der Waals surface area contributed by atoms with E-state index in [0.29, 0.717) is 11.5 Å². The van der Waals surface area contributed by atoms with Crippen LogP contribution in [0, 0.1) is 17.1 Å². The molecule has 0 saturated heterocycles. The SMILES string of the molecule is CN.N#Cc1ccc(F)cc1C1CC1. The first-order valence-electron chi connectivity index (χ1n) is 4.58. The third-order valence-electron chi connectivity index (χ3n) is 2.15. The zero-order valence-electron chi connectivity index (χ0n) is 8.13. The van der Waals surface area contributed by atoms with E-state index in [1.54, 1.807) is 6.07 Å². The number of rotatable bonds is 1. The zero-order chi connectivity index (χ0) is 10.6. The normalized spacial score (nSPS) is 13.9. The Balaban J connectivity index is 0.000000461. The molecule has 0 unspecified atom stereocenters. The predicted molar refractivity (Wildman–Crippen MR) is 53.2 cm³/mol. The second-order valence-corrected chi connectivity index (χ2v) is 3.12. The average Bonchev–Trinajstić information content (AvgIpc) is 3.04. The lowest BCUT2D eigenvalue weighted by Crippen LogP contribution is -1.88. The van der Waals surface area contributed by atoms with Crippen molar-refractivity contribution >= 4 is 0 Å². The monoisotopic (exact) mass is 192 g/mol. The third kappa shape index (κ3) is 2.30. The molecule has 0 atom stereocenters. The number of hydrogen-bond acceptors (Lipinski definition) is 2. The summed E-state index contributed by atoms with van der Waals surface area (Å²) in [5.41, 5.74) is 6.01. The molecule has 1 aliphatic rings. The van der Waals surface area contributed by atoms with Gasteiger partial charge in [-0.2, -0.15) is 5.26 Å². The summed E-state index contributed by atoms with van der Waals surface area (Å²) in [7, 11) is 1.50. The Morgan fingerprint density at radius 2 is 2.07 bits per heavy atom. The van der Waals surface area contributed by atoms with Gasteiger partial charge < -0.3 is 5.73 Å². The molecule has 1 aromatic carbocycles. The van der Waals surface area contributed by atoms with Gasteiger partial charge in [-0.3, -0.25) is 0 Å². The zero-order valence-corrected chi connectivity index (χ0v) is 8.13. The topological polar surface area (TPSA) is 49.8 Å². The number of nitrogens with zero attached hydrogens (tertiary/aromatic N) is 1. The molecule has 14 heavy (non-hydrogen) atoms. The van der Waals surface area contributed by atoms with Crippen molar-refractivity contribution in [1.82, 2.24) is 0 Å². The third-order valence-corrected chi connectivity index (χ3v) is 2.15. The van der Waals surface area contributed by atoms with Crippen LogP contribution in [0.3, 0.4) is 0 Å². The van der Waals surface area contributed by atoms with Gasteiger partial charge in [0.15, 0.2) is 0 Å². The highest BCUT2D eigenvalue weighted by Gasteiger charge is 2.26. The minimum Gasteiger partial charge on any atom is -0.333 e. The van der Waals surface area contributed by atoms with Gasteiger partial charge in [0.25, 0.3) is 0 Å². The molecular formula is C11H13FN2. The number of nitriles is 1. The van der Waals surface area contributed by atoms with E-state index < -0.39 is 0 Å². The molecule has 2 nitrogen and oxygen atoms in total. The van der Waals surface area contributed by atoms with E-state index in [4.69, 9.17) is 5.26 Å². The minimum absolute atomic E-state index is 0.240. The van der Waals surface area contributed by atoms with E-state index in [-0.39, 0.29) is 5.82 Å². The Labute approximate surface area is 83.2 Å². The van der Waals surface area contributed by atoms with Crippen molar-refractivity contribution in [3.05, 3.63) is 35.1 Å². The Morgan fingerprint density at radius 3 is 2.57 bits per heavy atom. The highest BCUT2D eigenvalue weighted by molar-refractivity contribution is 5.41. The van der Waals surface area contributed by atoms with Crippen LogP contribution in [0.15, 0.2) is 18.2 Å². The van der Waals surface area contributed by atoms with Crippen LogP contribution in [0.1, 0.15) is 29.9 Å². The molecule has 2 N–H and O–H groups in total. The highest BCUT2D eigenvalue weighted by Crippen LogP contribution is 2.41. The second kappa shape index (κ2) is 4.73. The quantitative estimate of drug-likeness (QED) is 0.741. The summed E-state index contributed by atoms with van der Waals surface area (Å²) in [5, 5.41) is 8.71. The Kier molecular flexibility index (Phi) is 3.61. The smallest absolute Gasteiger partial charge is 0.123 e. The summed E-state index contributed by atoms with van der Waals surface area (Å²) >= 11 is 0. The van der Waals surface area contributed by atoms with Crippen molar-refractivity contribution in [2.45, 2.75) is 18.8 Å². The fourth-order valence-electron chi connectivity index (χ4n) is 1.37. The van der Waals surface area contributed by atoms with E-state index >= 15 is 0 Å². The van der Waals surface area contributed by atoms with Crippen molar-refractivity contribution in [1.29, 1.82) is 5.26 Å². The van der Waals surface area contributed by atoms with E-state index in [1.165, 1.54) is 19.2 Å². The largest absolute Gasteiger partial charge is 0.333 e. The van der Waals surface area contributed by atoms with Crippen LogP contribution in [0.5, 0.6) is 0 Å². The first kappa shape index (κ1) is 10.7. The Bertz CT molecular complexity index is 351. The number of halogens is 1. The van der Waals surface area contributed by atoms with Gasteiger partial charge in [0.1, 0.15) is 5.82 Å². The molecule has 1 aliphatic carbocycles. The van der Waals surface area contributed by atoms with E-state index in [0.717, 1.165) is 18.4 Å². The second-order valence-electron chi connectivity index (χ2n) is 3.12. The molecule has 2 rings (SSSR count). The fraction of sp³-hybridized carbons (Fsp3) is 0.364.